The van der Waals surface area contributed by atoms with E-state index in [1.165, 1.54) is 43.6 Å². The van der Waals surface area contributed by atoms with Gasteiger partial charge in [-0.25, -0.2) is 4.98 Å². The normalized spacial score (nSPS) is 30.2. The first-order valence-electron chi connectivity index (χ1n) is 10.8. The number of carbonyl (C=O) groups is 2. The molecule has 1 spiro atoms. The minimum absolute atomic E-state index is 0.0364. The molecule has 1 aromatic heterocycles. The number of nitrogens with one attached hydrogen (secondary N) is 1. The van der Waals surface area contributed by atoms with Crippen molar-refractivity contribution in [3.05, 3.63) is 16.1 Å². The molecule has 2 amide bonds. The highest BCUT2D eigenvalue weighted by atomic mass is 32.1. The van der Waals surface area contributed by atoms with Gasteiger partial charge in [0.15, 0.2) is 0 Å². The maximum atomic E-state index is 12.7. The molecule has 1 N–H and O–H groups in total. The lowest BCUT2D eigenvalue weighted by Crippen LogP contribution is -2.56. The van der Waals surface area contributed by atoms with Crippen LogP contribution in [-0.4, -0.2) is 64.9 Å². The Morgan fingerprint density at radius 3 is 2.71 bits per heavy atom. The lowest BCUT2D eigenvalue weighted by molar-refractivity contribution is -0.123. The summed E-state index contributed by atoms with van der Waals surface area (Å²) in [5.74, 6) is 1.66. The van der Waals surface area contributed by atoms with E-state index in [1.807, 2.05) is 17.2 Å². The third-order valence-corrected chi connectivity index (χ3v) is 8.36. The van der Waals surface area contributed by atoms with Gasteiger partial charge in [-0.15, -0.1) is 11.3 Å². The SMILES string of the molecule is Cc1nc(C(=O)N2CCC3(CC2)NC(=O)[C@@H]2CN(CC4CCCC4)C[C@@H]23)cs1. The van der Waals surface area contributed by atoms with E-state index in [4.69, 9.17) is 0 Å². The number of aromatic nitrogens is 1. The second-order valence-corrected chi connectivity index (χ2v) is 10.3. The van der Waals surface area contributed by atoms with Gasteiger partial charge in [-0.3, -0.25) is 9.59 Å². The number of carbonyl (C=O) groups excluding carboxylic acids is 2. The van der Waals surface area contributed by atoms with E-state index in [1.54, 1.807) is 0 Å². The molecule has 6 nitrogen and oxygen atoms in total. The smallest absolute Gasteiger partial charge is 0.273 e. The quantitative estimate of drug-likeness (QED) is 0.843. The fourth-order valence-electron chi connectivity index (χ4n) is 6.08. The van der Waals surface area contributed by atoms with Crippen molar-refractivity contribution in [3.63, 3.8) is 0 Å². The monoisotopic (exact) mass is 402 g/mol. The van der Waals surface area contributed by atoms with Crippen molar-refractivity contribution in [2.24, 2.45) is 17.8 Å². The first-order chi connectivity index (χ1) is 13.5. The zero-order valence-electron chi connectivity index (χ0n) is 16.7. The fraction of sp³-hybridized carbons (Fsp3) is 0.762. The summed E-state index contributed by atoms with van der Waals surface area (Å²) in [6.07, 6.45) is 7.20. The van der Waals surface area contributed by atoms with Crippen LogP contribution in [0.2, 0.25) is 0 Å². The maximum absolute atomic E-state index is 12.7. The molecular formula is C21H30N4O2S. The molecule has 28 heavy (non-hydrogen) atoms. The molecule has 4 aliphatic rings. The van der Waals surface area contributed by atoms with Gasteiger partial charge in [0.2, 0.25) is 5.91 Å². The fourth-order valence-corrected chi connectivity index (χ4v) is 6.66. The van der Waals surface area contributed by atoms with Gasteiger partial charge in [0.25, 0.3) is 5.91 Å². The lowest BCUT2D eigenvalue weighted by Gasteiger charge is -2.42. The zero-order chi connectivity index (χ0) is 19.3. The number of thiazole rings is 1. The molecule has 4 fully saturated rings. The molecule has 1 aromatic rings. The van der Waals surface area contributed by atoms with Crippen LogP contribution in [0.25, 0.3) is 0 Å². The van der Waals surface area contributed by atoms with Crippen LogP contribution in [0.5, 0.6) is 0 Å². The zero-order valence-corrected chi connectivity index (χ0v) is 17.5. The van der Waals surface area contributed by atoms with E-state index in [-0.39, 0.29) is 23.3 Å². The van der Waals surface area contributed by atoms with Crippen molar-refractivity contribution in [3.8, 4) is 0 Å². The van der Waals surface area contributed by atoms with E-state index < -0.39 is 0 Å². The van der Waals surface area contributed by atoms with Crippen LogP contribution >= 0.6 is 11.3 Å². The van der Waals surface area contributed by atoms with Crippen LogP contribution in [-0.2, 0) is 4.79 Å². The average molecular weight is 403 g/mol. The predicted molar refractivity (Wildman–Crippen MR) is 108 cm³/mol. The highest BCUT2D eigenvalue weighted by Gasteiger charge is 2.57. The standard InChI is InChI=1S/C21H30N4O2S/c1-14-22-18(13-28-14)20(27)25-8-6-21(7-9-25)17-12-24(10-15-4-2-3-5-15)11-16(17)19(26)23-21/h13,15-17H,2-12H2,1H3,(H,23,26)/t16-,17+/m1/s1. The molecule has 2 atom stereocenters. The molecule has 0 bridgehead atoms. The summed E-state index contributed by atoms with van der Waals surface area (Å²) < 4.78 is 0. The summed E-state index contributed by atoms with van der Waals surface area (Å²) >= 11 is 1.52. The van der Waals surface area contributed by atoms with Crippen LogP contribution in [0, 0.1) is 24.7 Å². The Balaban J connectivity index is 1.24. The summed E-state index contributed by atoms with van der Waals surface area (Å²) in [5, 5.41) is 6.15. The Kier molecular flexibility index (Phi) is 4.70. The summed E-state index contributed by atoms with van der Waals surface area (Å²) in [6.45, 7) is 6.49. The Bertz CT molecular complexity index is 764. The molecule has 1 aliphatic carbocycles. The summed E-state index contributed by atoms with van der Waals surface area (Å²) in [5.41, 5.74) is 0.455. The number of piperidine rings is 1. The minimum Gasteiger partial charge on any atom is -0.350 e. The number of aryl methyl sites for hydroxylation is 1. The van der Waals surface area contributed by atoms with Gasteiger partial charge >= 0.3 is 0 Å². The molecule has 0 unspecified atom stereocenters. The van der Waals surface area contributed by atoms with Crippen molar-refractivity contribution in [2.45, 2.75) is 51.0 Å². The number of nitrogens with zero attached hydrogens (tertiary/aromatic N) is 3. The molecule has 4 heterocycles. The number of fused-ring (bicyclic) bond motifs is 2. The number of likely N-dealkylation sites (tertiary alicyclic amines) is 2. The van der Waals surface area contributed by atoms with Crippen molar-refractivity contribution in [2.75, 3.05) is 32.7 Å². The van der Waals surface area contributed by atoms with Crippen molar-refractivity contribution < 1.29 is 9.59 Å². The third kappa shape index (κ3) is 3.16. The Hall–Kier alpha value is -1.47. The van der Waals surface area contributed by atoms with Crippen LogP contribution < -0.4 is 5.32 Å². The maximum Gasteiger partial charge on any atom is 0.273 e. The Morgan fingerprint density at radius 2 is 2.04 bits per heavy atom. The van der Waals surface area contributed by atoms with Gasteiger partial charge in [-0.1, -0.05) is 12.8 Å². The first-order valence-corrected chi connectivity index (χ1v) is 11.7. The summed E-state index contributed by atoms with van der Waals surface area (Å²) in [4.78, 5) is 34.3. The second kappa shape index (κ2) is 7.10. The van der Waals surface area contributed by atoms with Crippen LogP contribution in [0.1, 0.15) is 54.0 Å². The minimum atomic E-state index is -0.110. The van der Waals surface area contributed by atoms with E-state index in [0.717, 1.165) is 36.9 Å². The van der Waals surface area contributed by atoms with Crippen molar-refractivity contribution in [1.29, 1.82) is 0 Å². The van der Waals surface area contributed by atoms with E-state index in [9.17, 15) is 9.59 Å². The number of hydrogen-bond donors (Lipinski definition) is 1. The number of hydrogen-bond acceptors (Lipinski definition) is 5. The lowest BCUT2D eigenvalue weighted by atomic mass is 9.75. The van der Waals surface area contributed by atoms with Gasteiger partial charge in [0, 0.05) is 49.6 Å². The van der Waals surface area contributed by atoms with E-state index in [2.05, 4.69) is 15.2 Å². The average Bonchev–Trinajstić information content (AvgIpc) is 3.45. The topological polar surface area (TPSA) is 65.5 Å². The van der Waals surface area contributed by atoms with Crippen LogP contribution in [0.3, 0.4) is 0 Å². The van der Waals surface area contributed by atoms with Gasteiger partial charge in [0.1, 0.15) is 5.69 Å². The van der Waals surface area contributed by atoms with Gasteiger partial charge in [0.05, 0.1) is 10.9 Å². The van der Waals surface area contributed by atoms with E-state index in [0.29, 0.717) is 24.7 Å². The van der Waals surface area contributed by atoms with Crippen molar-refractivity contribution in [1.82, 2.24) is 20.1 Å². The molecule has 3 aliphatic heterocycles. The Morgan fingerprint density at radius 1 is 1.29 bits per heavy atom. The highest BCUT2D eigenvalue weighted by Crippen LogP contribution is 2.44. The molecule has 0 aromatic carbocycles. The molecule has 152 valence electrons. The molecule has 0 radical (unpaired) electrons. The molecule has 1 saturated carbocycles. The summed E-state index contributed by atoms with van der Waals surface area (Å²) in [7, 11) is 0. The third-order valence-electron chi connectivity index (χ3n) is 7.59. The number of rotatable bonds is 3. The first kappa shape index (κ1) is 18.6. The Labute approximate surface area is 170 Å². The van der Waals surface area contributed by atoms with Crippen LogP contribution in [0.4, 0.5) is 0 Å². The second-order valence-electron chi connectivity index (χ2n) is 9.27. The van der Waals surface area contributed by atoms with Gasteiger partial charge < -0.3 is 15.1 Å². The summed E-state index contributed by atoms with van der Waals surface area (Å²) in [6, 6.07) is 0. The molecular weight excluding hydrogens is 372 g/mol. The largest absolute Gasteiger partial charge is 0.350 e. The molecule has 5 rings (SSSR count). The van der Waals surface area contributed by atoms with Crippen molar-refractivity contribution >= 4 is 23.2 Å². The predicted octanol–water partition coefficient (Wildman–Crippen LogP) is 2.29. The molecule has 3 saturated heterocycles. The number of amides is 2. The van der Waals surface area contributed by atoms with Crippen LogP contribution in [0.15, 0.2) is 5.38 Å². The van der Waals surface area contributed by atoms with E-state index >= 15 is 0 Å². The van der Waals surface area contributed by atoms with Gasteiger partial charge in [-0.05, 0) is 38.5 Å². The highest BCUT2D eigenvalue weighted by molar-refractivity contribution is 7.09. The van der Waals surface area contributed by atoms with Gasteiger partial charge in [-0.2, -0.15) is 0 Å². The molecule has 7 heteroatoms.